The molecular weight excluding hydrogens is 274 g/mol. The minimum Gasteiger partial charge on any atom is -0.316 e. The lowest BCUT2D eigenvalue weighted by atomic mass is 10.0. The first-order valence-electron chi connectivity index (χ1n) is 7.01. The third-order valence-electron chi connectivity index (χ3n) is 3.26. The first kappa shape index (κ1) is 17.1. The van der Waals surface area contributed by atoms with E-state index in [0.717, 1.165) is 18.4 Å². The summed E-state index contributed by atoms with van der Waals surface area (Å²) in [5.41, 5.74) is 0.958. The number of hydrogen-bond donors (Lipinski definition) is 2. The third-order valence-corrected chi connectivity index (χ3v) is 4.77. The molecule has 1 rings (SSSR count). The summed E-state index contributed by atoms with van der Waals surface area (Å²) in [4.78, 5) is 4.03. The topological polar surface area (TPSA) is 71.1 Å². The Hall–Kier alpha value is -0.980. The Morgan fingerprint density at radius 2 is 2.00 bits per heavy atom. The van der Waals surface area contributed by atoms with Crippen LogP contribution in [-0.2, 0) is 16.6 Å². The van der Waals surface area contributed by atoms with E-state index in [1.165, 1.54) is 0 Å². The van der Waals surface area contributed by atoms with Crippen molar-refractivity contribution in [3.8, 4) is 0 Å². The van der Waals surface area contributed by atoms with E-state index in [-0.39, 0.29) is 11.1 Å². The summed E-state index contributed by atoms with van der Waals surface area (Å²) < 4.78 is 27.1. The molecule has 0 aliphatic carbocycles. The molecule has 6 heteroatoms. The summed E-state index contributed by atoms with van der Waals surface area (Å²) in [6.45, 7) is 6.79. The number of aromatic nitrogens is 1. The molecule has 1 aromatic heterocycles. The van der Waals surface area contributed by atoms with Crippen LogP contribution in [0.5, 0.6) is 0 Å². The van der Waals surface area contributed by atoms with E-state index >= 15 is 0 Å². The van der Waals surface area contributed by atoms with E-state index in [2.05, 4.69) is 28.9 Å². The number of sulfonamides is 1. The van der Waals surface area contributed by atoms with Crippen molar-refractivity contribution in [3.63, 3.8) is 0 Å². The van der Waals surface area contributed by atoms with Crippen LogP contribution in [-0.4, -0.2) is 26.5 Å². The second-order valence-electron chi connectivity index (χ2n) is 5.31. The molecule has 0 aliphatic heterocycles. The first-order valence-corrected chi connectivity index (χ1v) is 8.49. The van der Waals surface area contributed by atoms with Gasteiger partial charge in [0, 0.05) is 18.8 Å². The SMILES string of the molecule is CCC(C)CC(C)NS(=O)(=O)c1ccc(CNC)cn1. The average molecular weight is 299 g/mol. The molecule has 114 valence electrons. The molecule has 20 heavy (non-hydrogen) atoms. The Morgan fingerprint density at radius 1 is 1.30 bits per heavy atom. The zero-order valence-corrected chi connectivity index (χ0v) is 13.5. The second kappa shape index (κ2) is 7.71. The van der Waals surface area contributed by atoms with Crippen LogP contribution in [0.2, 0.25) is 0 Å². The standard InChI is InChI=1S/C14H25N3O2S/c1-5-11(2)8-12(3)17-20(18,19)14-7-6-13(9-15-4)10-16-14/h6-7,10-12,15,17H,5,8-9H2,1-4H3. The number of rotatable bonds is 8. The number of nitrogens with zero attached hydrogens (tertiary/aromatic N) is 1. The zero-order chi connectivity index (χ0) is 15.2. The van der Waals surface area contributed by atoms with Crippen molar-refractivity contribution in [2.45, 2.75) is 51.2 Å². The third kappa shape index (κ3) is 5.19. The van der Waals surface area contributed by atoms with Gasteiger partial charge in [0.05, 0.1) is 0 Å². The van der Waals surface area contributed by atoms with Gasteiger partial charge >= 0.3 is 0 Å². The van der Waals surface area contributed by atoms with Crippen LogP contribution in [0, 0.1) is 5.92 Å². The molecule has 0 fully saturated rings. The molecule has 0 saturated heterocycles. The smallest absolute Gasteiger partial charge is 0.258 e. The quantitative estimate of drug-likeness (QED) is 0.769. The summed E-state index contributed by atoms with van der Waals surface area (Å²) >= 11 is 0. The molecule has 0 saturated carbocycles. The van der Waals surface area contributed by atoms with Crippen molar-refractivity contribution in [1.29, 1.82) is 0 Å². The zero-order valence-electron chi connectivity index (χ0n) is 12.7. The molecule has 2 atom stereocenters. The highest BCUT2D eigenvalue weighted by Crippen LogP contribution is 2.13. The molecule has 0 spiro atoms. The lowest BCUT2D eigenvalue weighted by molar-refractivity contribution is 0.445. The predicted octanol–water partition coefficient (Wildman–Crippen LogP) is 1.90. The number of hydrogen-bond acceptors (Lipinski definition) is 4. The molecule has 0 aliphatic rings. The number of pyridine rings is 1. The molecule has 0 aromatic carbocycles. The Kier molecular flexibility index (Phi) is 6.58. The van der Waals surface area contributed by atoms with Crippen molar-refractivity contribution >= 4 is 10.0 Å². The van der Waals surface area contributed by atoms with E-state index in [9.17, 15) is 8.42 Å². The van der Waals surface area contributed by atoms with Gasteiger partial charge in [0.1, 0.15) is 0 Å². The van der Waals surface area contributed by atoms with Gasteiger partial charge in [0.25, 0.3) is 10.0 Å². The minimum atomic E-state index is -3.53. The van der Waals surface area contributed by atoms with Gasteiger partial charge in [-0.05, 0) is 37.9 Å². The van der Waals surface area contributed by atoms with Gasteiger partial charge in [-0.3, -0.25) is 0 Å². The van der Waals surface area contributed by atoms with Crippen LogP contribution in [0.3, 0.4) is 0 Å². The highest BCUT2D eigenvalue weighted by atomic mass is 32.2. The molecule has 0 amide bonds. The maximum atomic E-state index is 12.2. The van der Waals surface area contributed by atoms with E-state index in [1.54, 1.807) is 18.3 Å². The average Bonchev–Trinajstić information content (AvgIpc) is 2.38. The van der Waals surface area contributed by atoms with E-state index < -0.39 is 10.0 Å². The van der Waals surface area contributed by atoms with Crippen molar-refractivity contribution in [2.75, 3.05) is 7.05 Å². The van der Waals surface area contributed by atoms with Crippen LogP contribution in [0.1, 0.15) is 39.2 Å². The summed E-state index contributed by atoms with van der Waals surface area (Å²) in [5.74, 6) is 0.499. The summed E-state index contributed by atoms with van der Waals surface area (Å²) in [7, 11) is -1.69. The molecule has 0 bridgehead atoms. The fraction of sp³-hybridized carbons (Fsp3) is 0.643. The fourth-order valence-electron chi connectivity index (χ4n) is 2.02. The Bertz CT molecular complexity index is 500. The van der Waals surface area contributed by atoms with Gasteiger partial charge in [-0.25, -0.2) is 18.1 Å². The Morgan fingerprint density at radius 3 is 2.50 bits per heavy atom. The summed E-state index contributed by atoms with van der Waals surface area (Å²) in [5, 5.41) is 3.07. The Labute approximate surface area is 122 Å². The predicted molar refractivity (Wildman–Crippen MR) is 80.9 cm³/mol. The normalized spacial score (nSPS) is 15.0. The molecule has 2 unspecified atom stereocenters. The van der Waals surface area contributed by atoms with Gasteiger partial charge < -0.3 is 5.32 Å². The monoisotopic (exact) mass is 299 g/mol. The van der Waals surface area contributed by atoms with Crippen molar-refractivity contribution in [3.05, 3.63) is 23.9 Å². The molecule has 0 radical (unpaired) electrons. The lowest BCUT2D eigenvalue weighted by Gasteiger charge is -2.17. The minimum absolute atomic E-state index is 0.0772. The maximum Gasteiger partial charge on any atom is 0.258 e. The van der Waals surface area contributed by atoms with Crippen LogP contribution in [0.15, 0.2) is 23.4 Å². The van der Waals surface area contributed by atoms with Gasteiger partial charge in [0.15, 0.2) is 5.03 Å². The van der Waals surface area contributed by atoms with Gasteiger partial charge in [-0.2, -0.15) is 0 Å². The highest BCUT2D eigenvalue weighted by Gasteiger charge is 2.19. The molecular formula is C14H25N3O2S. The lowest BCUT2D eigenvalue weighted by Crippen LogP contribution is -2.34. The van der Waals surface area contributed by atoms with Crippen LogP contribution in [0.4, 0.5) is 0 Å². The van der Waals surface area contributed by atoms with Crippen LogP contribution in [0.25, 0.3) is 0 Å². The summed E-state index contributed by atoms with van der Waals surface area (Å²) in [6, 6.07) is 3.23. The fourth-order valence-corrected chi connectivity index (χ4v) is 3.21. The van der Waals surface area contributed by atoms with Gasteiger partial charge in [0.2, 0.25) is 0 Å². The van der Waals surface area contributed by atoms with Crippen LogP contribution < -0.4 is 10.0 Å². The molecule has 2 N–H and O–H groups in total. The first-order chi connectivity index (χ1) is 9.39. The van der Waals surface area contributed by atoms with E-state index in [1.807, 2.05) is 14.0 Å². The molecule has 1 heterocycles. The maximum absolute atomic E-state index is 12.2. The van der Waals surface area contributed by atoms with Gasteiger partial charge in [-0.1, -0.05) is 26.3 Å². The molecule has 5 nitrogen and oxygen atoms in total. The Balaban J connectivity index is 2.72. The second-order valence-corrected chi connectivity index (χ2v) is 6.97. The van der Waals surface area contributed by atoms with Gasteiger partial charge in [-0.15, -0.1) is 0 Å². The highest BCUT2D eigenvalue weighted by molar-refractivity contribution is 7.89. The molecule has 1 aromatic rings. The van der Waals surface area contributed by atoms with E-state index in [0.29, 0.717) is 12.5 Å². The van der Waals surface area contributed by atoms with Crippen molar-refractivity contribution in [1.82, 2.24) is 15.0 Å². The summed E-state index contributed by atoms with van der Waals surface area (Å²) in [6.07, 6.45) is 3.46. The van der Waals surface area contributed by atoms with E-state index in [4.69, 9.17) is 0 Å². The van der Waals surface area contributed by atoms with Crippen LogP contribution >= 0.6 is 0 Å². The largest absolute Gasteiger partial charge is 0.316 e. The van der Waals surface area contributed by atoms with Crippen molar-refractivity contribution < 1.29 is 8.42 Å². The number of nitrogens with one attached hydrogen (secondary N) is 2. The van der Waals surface area contributed by atoms with Crippen molar-refractivity contribution in [2.24, 2.45) is 5.92 Å².